The Bertz CT molecular complexity index is 704. The normalized spacial score (nSPS) is 15.2. The van der Waals surface area contributed by atoms with Crippen molar-refractivity contribution in [2.75, 3.05) is 10.6 Å². The van der Waals surface area contributed by atoms with Crippen LogP contribution in [0.2, 0.25) is 0 Å². The summed E-state index contributed by atoms with van der Waals surface area (Å²) in [7, 11) is 0. The third-order valence-electron chi connectivity index (χ3n) is 4.35. The number of carbonyl (C=O) groups excluding carboxylic acids is 2. The maximum Gasteiger partial charge on any atom is 0.319 e. The van der Waals surface area contributed by atoms with Gasteiger partial charge in [0.15, 0.2) is 0 Å². The van der Waals surface area contributed by atoms with Crippen molar-refractivity contribution in [3.05, 3.63) is 48.4 Å². The molecule has 0 aliphatic heterocycles. The van der Waals surface area contributed by atoms with Crippen molar-refractivity contribution in [3.63, 3.8) is 0 Å². The van der Waals surface area contributed by atoms with Gasteiger partial charge in [0.25, 0.3) is 5.91 Å². The van der Waals surface area contributed by atoms with Gasteiger partial charge in [-0.05, 0) is 37.1 Å². The predicted molar refractivity (Wildman–Crippen MR) is 96.7 cm³/mol. The first kappa shape index (κ1) is 17.1. The molecule has 6 heteroatoms. The molecule has 0 radical (unpaired) electrons. The van der Waals surface area contributed by atoms with Crippen LogP contribution in [-0.4, -0.2) is 18.0 Å². The number of benzene rings is 1. The summed E-state index contributed by atoms with van der Waals surface area (Å²) in [6.45, 7) is 0. The van der Waals surface area contributed by atoms with E-state index in [1.165, 1.54) is 38.2 Å². The van der Waals surface area contributed by atoms with E-state index >= 15 is 0 Å². The second-order valence-electron chi connectivity index (χ2n) is 6.33. The summed E-state index contributed by atoms with van der Waals surface area (Å²) >= 11 is 0. The van der Waals surface area contributed by atoms with Gasteiger partial charge in [0.1, 0.15) is 6.26 Å². The lowest BCUT2D eigenvalue weighted by atomic mass is 10.1. The molecule has 0 atom stereocenters. The fourth-order valence-corrected chi connectivity index (χ4v) is 3.05. The number of urea groups is 1. The third kappa shape index (κ3) is 5.11. The van der Waals surface area contributed by atoms with Crippen LogP contribution in [0.1, 0.15) is 48.9 Å². The highest BCUT2D eigenvalue weighted by Gasteiger charge is 2.15. The van der Waals surface area contributed by atoms with Crippen molar-refractivity contribution in [1.82, 2.24) is 5.32 Å². The summed E-state index contributed by atoms with van der Waals surface area (Å²) in [4.78, 5) is 24.2. The number of furan rings is 1. The number of rotatable bonds is 4. The van der Waals surface area contributed by atoms with Gasteiger partial charge in [-0.2, -0.15) is 0 Å². The van der Waals surface area contributed by atoms with E-state index in [9.17, 15) is 9.59 Å². The summed E-state index contributed by atoms with van der Waals surface area (Å²) in [5.41, 5.74) is 1.69. The van der Waals surface area contributed by atoms with Crippen molar-refractivity contribution in [3.8, 4) is 0 Å². The zero-order valence-electron chi connectivity index (χ0n) is 14.1. The first-order valence-corrected chi connectivity index (χ1v) is 8.72. The topological polar surface area (TPSA) is 83.4 Å². The van der Waals surface area contributed by atoms with Crippen molar-refractivity contribution >= 4 is 23.3 Å². The Morgan fingerprint density at radius 1 is 0.960 bits per heavy atom. The number of carbonyl (C=O) groups is 2. The van der Waals surface area contributed by atoms with E-state index < -0.39 is 0 Å². The van der Waals surface area contributed by atoms with Gasteiger partial charge in [0.2, 0.25) is 0 Å². The Labute approximate surface area is 147 Å². The van der Waals surface area contributed by atoms with Crippen LogP contribution in [0, 0.1) is 0 Å². The van der Waals surface area contributed by atoms with Gasteiger partial charge in [-0.3, -0.25) is 4.79 Å². The van der Waals surface area contributed by atoms with E-state index in [2.05, 4.69) is 16.0 Å². The second kappa shape index (κ2) is 8.37. The van der Waals surface area contributed by atoms with Gasteiger partial charge in [-0.15, -0.1) is 0 Å². The fraction of sp³-hybridized carbons (Fsp3) is 0.368. The van der Waals surface area contributed by atoms with Crippen LogP contribution in [0.15, 0.2) is 47.3 Å². The fourth-order valence-electron chi connectivity index (χ4n) is 3.05. The molecule has 3 amide bonds. The minimum atomic E-state index is -0.256. The molecule has 0 spiro atoms. The van der Waals surface area contributed by atoms with Crippen LogP contribution in [0.25, 0.3) is 0 Å². The smallest absolute Gasteiger partial charge is 0.319 e. The molecule has 132 valence electrons. The molecule has 3 rings (SSSR count). The summed E-state index contributed by atoms with van der Waals surface area (Å²) in [5, 5.41) is 8.66. The summed E-state index contributed by atoms with van der Waals surface area (Å²) in [6, 6.07) is 8.71. The van der Waals surface area contributed by atoms with Gasteiger partial charge in [-0.25, -0.2) is 4.79 Å². The number of hydrogen-bond acceptors (Lipinski definition) is 3. The molecule has 3 N–H and O–H groups in total. The zero-order valence-corrected chi connectivity index (χ0v) is 14.1. The molecule has 1 aromatic carbocycles. The molecule has 0 unspecified atom stereocenters. The average molecular weight is 341 g/mol. The van der Waals surface area contributed by atoms with Gasteiger partial charge in [0.05, 0.1) is 11.8 Å². The lowest BCUT2D eigenvalue weighted by Crippen LogP contribution is -2.37. The molecule has 1 heterocycles. The van der Waals surface area contributed by atoms with Crippen LogP contribution >= 0.6 is 0 Å². The predicted octanol–water partition coefficient (Wildman–Crippen LogP) is 4.38. The highest BCUT2D eigenvalue weighted by atomic mass is 16.3. The zero-order chi connectivity index (χ0) is 17.5. The number of nitrogens with one attached hydrogen (secondary N) is 3. The Morgan fingerprint density at radius 3 is 2.36 bits per heavy atom. The molecule has 1 aliphatic rings. The van der Waals surface area contributed by atoms with Crippen LogP contribution in [0.5, 0.6) is 0 Å². The Kier molecular flexibility index (Phi) is 5.72. The first-order valence-electron chi connectivity index (χ1n) is 8.72. The molecule has 1 fully saturated rings. The maximum atomic E-state index is 12.2. The van der Waals surface area contributed by atoms with Gasteiger partial charge >= 0.3 is 6.03 Å². The number of amides is 3. The van der Waals surface area contributed by atoms with E-state index in [0.29, 0.717) is 16.9 Å². The van der Waals surface area contributed by atoms with Crippen LogP contribution in [-0.2, 0) is 0 Å². The molecule has 2 aromatic rings. The van der Waals surface area contributed by atoms with E-state index in [4.69, 9.17) is 4.42 Å². The molecule has 0 saturated heterocycles. The lowest BCUT2D eigenvalue weighted by Gasteiger charge is -2.17. The van der Waals surface area contributed by atoms with Gasteiger partial charge < -0.3 is 20.4 Å². The monoisotopic (exact) mass is 341 g/mol. The standard InChI is InChI=1S/C19H23N3O3/c23-18(14-10-11-25-13-14)20-16-8-5-9-17(12-16)22-19(24)21-15-6-3-1-2-4-7-15/h5,8-13,15H,1-4,6-7H2,(H,20,23)(H2,21,22,24). The molecule has 6 nitrogen and oxygen atoms in total. The number of anilines is 2. The molecular weight excluding hydrogens is 318 g/mol. The number of hydrogen-bond donors (Lipinski definition) is 3. The SMILES string of the molecule is O=C(Nc1cccc(NC(=O)c2ccoc2)c1)NC1CCCCCC1. The van der Waals surface area contributed by atoms with Crippen molar-refractivity contribution in [2.24, 2.45) is 0 Å². The van der Waals surface area contributed by atoms with Crippen molar-refractivity contribution < 1.29 is 14.0 Å². The maximum absolute atomic E-state index is 12.2. The van der Waals surface area contributed by atoms with E-state index in [0.717, 1.165) is 12.8 Å². The van der Waals surface area contributed by atoms with Crippen LogP contribution < -0.4 is 16.0 Å². The van der Waals surface area contributed by atoms with E-state index in [-0.39, 0.29) is 18.0 Å². The average Bonchev–Trinajstić information content (AvgIpc) is 3.01. The molecule has 1 aliphatic carbocycles. The molecule has 0 bridgehead atoms. The highest BCUT2D eigenvalue weighted by Crippen LogP contribution is 2.19. The molecule has 25 heavy (non-hydrogen) atoms. The largest absolute Gasteiger partial charge is 0.472 e. The minimum Gasteiger partial charge on any atom is -0.472 e. The van der Waals surface area contributed by atoms with E-state index in [1.807, 2.05) is 0 Å². The first-order chi connectivity index (χ1) is 12.2. The summed E-state index contributed by atoms with van der Waals surface area (Å²) in [6.07, 6.45) is 9.74. The van der Waals surface area contributed by atoms with Crippen molar-refractivity contribution in [2.45, 2.75) is 44.6 Å². The molecule has 1 aromatic heterocycles. The van der Waals surface area contributed by atoms with Gasteiger partial charge in [-0.1, -0.05) is 31.7 Å². The molecular formula is C19H23N3O3. The lowest BCUT2D eigenvalue weighted by molar-refractivity contribution is 0.102. The molecule has 1 saturated carbocycles. The highest BCUT2D eigenvalue weighted by molar-refractivity contribution is 6.04. The quantitative estimate of drug-likeness (QED) is 0.722. The van der Waals surface area contributed by atoms with Gasteiger partial charge in [0, 0.05) is 17.4 Å². The van der Waals surface area contributed by atoms with Crippen LogP contribution in [0.4, 0.5) is 16.2 Å². The van der Waals surface area contributed by atoms with E-state index in [1.54, 1.807) is 30.3 Å². The Morgan fingerprint density at radius 2 is 1.68 bits per heavy atom. The second-order valence-corrected chi connectivity index (χ2v) is 6.33. The van der Waals surface area contributed by atoms with Crippen molar-refractivity contribution in [1.29, 1.82) is 0 Å². The Hall–Kier alpha value is -2.76. The van der Waals surface area contributed by atoms with Crippen LogP contribution in [0.3, 0.4) is 0 Å². The Balaban J connectivity index is 1.55. The summed E-state index contributed by atoms with van der Waals surface area (Å²) < 4.78 is 4.90. The summed E-state index contributed by atoms with van der Waals surface area (Å²) in [5.74, 6) is -0.256. The minimum absolute atomic E-state index is 0.204. The third-order valence-corrected chi connectivity index (χ3v) is 4.35.